The minimum absolute atomic E-state index is 0.0720. The van der Waals surface area contributed by atoms with E-state index in [2.05, 4.69) is 0 Å². The summed E-state index contributed by atoms with van der Waals surface area (Å²) in [6.07, 6.45) is 0. The Balaban J connectivity index is 2.18. The van der Waals surface area contributed by atoms with Gasteiger partial charge in [0, 0.05) is 10.4 Å². The van der Waals surface area contributed by atoms with Crippen LogP contribution in [0, 0.1) is 19.3 Å². The van der Waals surface area contributed by atoms with Crippen LogP contribution in [0.5, 0.6) is 5.75 Å². The third kappa shape index (κ3) is 3.28. The number of nitrogens with two attached hydrogens (primary N) is 1. The molecule has 0 aliphatic heterocycles. The van der Waals surface area contributed by atoms with E-state index in [0.29, 0.717) is 6.61 Å². The number of hydrogen-bond donors (Lipinski definition) is 2. The molecule has 1 aromatic carbocycles. The second-order valence-corrected chi connectivity index (χ2v) is 6.15. The van der Waals surface area contributed by atoms with Crippen molar-refractivity contribution in [1.29, 1.82) is 5.41 Å². The fourth-order valence-electron chi connectivity index (χ4n) is 1.91. The van der Waals surface area contributed by atoms with Gasteiger partial charge in [-0.2, -0.15) is 0 Å². The highest BCUT2D eigenvalue weighted by molar-refractivity contribution is 7.16. The normalized spacial score (nSPS) is 10.5. The first-order valence-electron chi connectivity index (χ1n) is 5.80. The maximum Gasteiger partial charge on any atom is 0.125 e. The summed E-state index contributed by atoms with van der Waals surface area (Å²) in [6.45, 7) is 4.41. The van der Waals surface area contributed by atoms with Gasteiger partial charge in [-0.3, -0.25) is 5.41 Å². The van der Waals surface area contributed by atoms with Gasteiger partial charge in [-0.05, 0) is 49.2 Å². The van der Waals surface area contributed by atoms with Gasteiger partial charge >= 0.3 is 0 Å². The summed E-state index contributed by atoms with van der Waals surface area (Å²) in [5.74, 6) is 0.914. The molecule has 0 bridgehead atoms. The van der Waals surface area contributed by atoms with E-state index in [1.54, 1.807) is 0 Å². The molecule has 0 spiro atoms. The molecule has 0 unspecified atom stereocenters. The third-order valence-electron chi connectivity index (χ3n) is 2.76. The Morgan fingerprint density at radius 2 is 1.95 bits per heavy atom. The molecular formula is C14H15ClN2OS. The Bertz CT molecular complexity index is 599. The number of halogens is 1. The third-order valence-corrected chi connectivity index (χ3v) is 3.96. The molecule has 19 heavy (non-hydrogen) atoms. The van der Waals surface area contributed by atoms with Crippen LogP contribution in [0.4, 0.5) is 0 Å². The number of rotatable bonds is 4. The van der Waals surface area contributed by atoms with E-state index in [1.165, 1.54) is 11.3 Å². The molecule has 0 saturated heterocycles. The zero-order chi connectivity index (χ0) is 14.0. The monoisotopic (exact) mass is 294 g/mol. The van der Waals surface area contributed by atoms with Crippen molar-refractivity contribution >= 4 is 28.8 Å². The largest absolute Gasteiger partial charge is 0.488 e. The molecule has 1 heterocycles. The van der Waals surface area contributed by atoms with Crippen LogP contribution < -0.4 is 10.5 Å². The topological polar surface area (TPSA) is 59.1 Å². The van der Waals surface area contributed by atoms with E-state index in [-0.39, 0.29) is 5.84 Å². The van der Waals surface area contributed by atoms with Crippen molar-refractivity contribution in [3.05, 3.63) is 50.2 Å². The van der Waals surface area contributed by atoms with Crippen molar-refractivity contribution in [2.75, 3.05) is 0 Å². The quantitative estimate of drug-likeness (QED) is 0.664. The second-order valence-electron chi connectivity index (χ2n) is 4.35. The summed E-state index contributed by atoms with van der Waals surface area (Å²) >= 11 is 7.40. The predicted octanol–water partition coefficient (Wildman–Crippen LogP) is 3.88. The van der Waals surface area contributed by atoms with Gasteiger partial charge in [0.2, 0.25) is 0 Å². The summed E-state index contributed by atoms with van der Waals surface area (Å²) in [7, 11) is 0. The Morgan fingerprint density at radius 1 is 1.32 bits per heavy atom. The van der Waals surface area contributed by atoms with Gasteiger partial charge in [0.25, 0.3) is 0 Å². The van der Waals surface area contributed by atoms with Gasteiger partial charge in [0.15, 0.2) is 0 Å². The standard InChI is InChI=1S/C14H15ClN2OS/c1-8-5-10(14(16)17)6-9(2)13(8)18-7-11-3-4-12(15)19-11/h3-6H,7H2,1-2H3,(H3,16,17). The van der Waals surface area contributed by atoms with E-state index in [4.69, 9.17) is 27.5 Å². The molecule has 0 amide bonds. The average Bonchev–Trinajstić information content (AvgIpc) is 2.73. The van der Waals surface area contributed by atoms with Gasteiger partial charge in [-0.1, -0.05) is 11.6 Å². The molecule has 0 aliphatic carbocycles. The van der Waals surface area contributed by atoms with Crippen LogP contribution >= 0.6 is 22.9 Å². The minimum Gasteiger partial charge on any atom is -0.488 e. The lowest BCUT2D eigenvalue weighted by Gasteiger charge is -2.13. The second kappa shape index (κ2) is 5.63. The summed E-state index contributed by atoms with van der Waals surface area (Å²) in [5.41, 5.74) is 8.18. The average molecular weight is 295 g/mol. The smallest absolute Gasteiger partial charge is 0.125 e. The summed E-state index contributed by atoms with van der Waals surface area (Å²) in [6, 6.07) is 7.56. The zero-order valence-corrected chi connectivity index (χ0v) is 12.4. The highest BCUT2D eigenvalue weighted by atomic mass is 35.5. The van der Waals surface area contributed by atoms with Gasteiger partial charge < -0.3 is 10.5 Å². The van der Waals surface area contributed by atoms with Crippen LogP contribution in [0.1, 0.15) is 21.6 Å². The van der Waals surface area contributed by atoms with Crippen molar-refractivity contribution in [2.45, 2.75) is 20.5 Å². The maximum atomic E-state index is 7.46. The van der Waals surface area contributed by atoms with Gasteiger partial charge in [-0.25, -0.2) is 0 Å². The minimum atomic E-state index is 0.0720. The Kier molecular flexibility index (Phi) is 4.12. The molecule has 3 N–H and O–H groups in total. The van der Waals surface area contributed by atoms with Gasteiger partial charge in [-0.15, -0.1) is 11.3 Å². The summed E-state index contributed by atoms with van der Waals surface area (Å²) < 4.78 is 6.61. The van der Waals surface area contributed by atoms with Crippen LogP contribution in [0.2, 0.25) is 4.34 Å². The molecule has 0 atom stereocenters. The number of aryl methyl sites for hydroxylation is 2. The van der Waals surface area contributed by atoms with Crippen LogP contribution in [-0.2, 0) is 6.61 Å². The number of nitrogen functional groups attached to an aromatic ring is 1. The van der Waals surface area contributed by atoms with E-state index < -0.39 is 0 Å². The number of thiophene rings is 1. The van der Waals surface area contributed by atoms with Crippen LogP contribution in [-0.4, -0.2) is 5.84 Å². The lowest BCUT2D eigenvalue weighted by atomic mass is 10.1. The van der Waals surface area contributed by atoms with E-state index in [9.17, 15) is 0 Å². The number of nitrogens with one attached hydrogen (secondary N) is 1. The Hall–Kier alpha value is -1.52. The molecule has 2 rings (SSSR count). The van der Waals surface area contributed by atoms with Crippen molar-refractivity contribution < 1.29 is 4.74 Å². The molecule has 1 aromatic heterocycles. The maximum absolute atomic E-state index is 7.46. The first-order chi connectivity index (χ1) is 8.97. The van der Waals surface area contributed by atoms with E-state index >= 15 is 0 Å². The molecule has 0 saturated carbocycles. The van der Waals surface area contributed by atoms with Gasteiger partial charge in [0.1, 0.15) is 18.2 Å². The van der Waals surface area contributed by atoms with Crippen molar-refractivity contribution in [2.24, 2.45) is 5.73 Å². The first kappa shape index (κ1) is 13.9. The summed E-state index contributed by atoms with van der Waals surface area (Å²) in [4.78, 5) is 1.08. The molecule has 0 fully saturated rings. The Morgan fingerprint density at radius 3 is 2.42 bits per heavy atom. The fraction of sp³-hybridized carbons (Fsp3) is 0.214. The fourth-order valence-corrected chi connectivity index (χ4v) is 2.91. The number of hydrogen-bond acceptors (Lipinski definition) is 3. The van der Waals surface area contributed by atoms with Crippen molar-refractivity contribution in [1.82, 2.24) is 0 Å². The van der Waals surface area contributed by atoms with Crippen LogP contribution in [0.25, 0.3) is 0 Å². The molecule has 2 aromatic rings. The Labute approximate surface area is 121 Å². The van der Waals surface area contributed by atoms with Crippen LogP contribution in [0.15, 0.2) is 24.3 Å². The van der Waals surface area contributed by atoms with E-state index in [0.717, 1.165) is 31.7 Å². The first-order valence-corrected chi connectivity index (χ1v) is 6.99. The lowest BCUT2D eigenvalue weighted by molar-refractivity contribution is 0.305. The molecular weight excluding hydrogens is 280 g/mol. The van der Waals surface area contributed by atoms with Gasteiger partial charge in [0.05, 0.1) is 4.34 Å². The highest BCUT2D eigenvalue weighted by Gasteiger charge is 2.09. The molecule has 100 valence electrons. The molecule has 5 heteroatoms. The van der Waals surface area contributed by atoms with Crippen molar-refractivity contribution in [3.8, 4) is 5.75 Å². The predicted molar refractivity (Wildman–Crippen MR) is 80.6 cm³/mol. The number of amidine groups is 1. The summed E-state index contributed by atoms with van der Waals surface area (Å²) in [5, 5.41) is 7.46. The number of ether oxygens (including phenoxy) is 1. The molecule has 0 aliphatic rings. The van der Waals surface area contributed by atoms with Crippen molar-refractivity contribution in [3.63, 3.8) is 0 Å². The zero-order valence-electron chi connectivity index (χ0n) is 10.8. The SMILES string of the molecule is Cc1cc(C(=N)N)cc(C)c1OCc1ccc(Cl)s1. The van der Waals surface area contributed by atoms with Crippen LogP contribution in [0.3, 0.4) is 0 Å². The molecule has 0 radical (unpaired) electrons. The number of benzene rings is 1. The molecule has 3 nitrogen and oxygen atoms in total. The lowest BCUT2D eigenvalue weighted by Crippen LogP contribution is -2.12. The van der Waals surface area contributed by atoms with E-state index in [1.807, 2.05) is 38.1 Å². The highest BCUT2D eigenvalue weighted by Crippen LogP contribution is 2.27.